The van der Waals surface area contributed by atoms with Gasteiger partial charge in [0.25, 0.3) is 0 Å². The maximum Gasteiger partial charge on any atom is 0.142 e. The highest BCUT2D eigenvalue weighted by atomic mass is 16.5. The average Bonchev–Trinajstić information content (AvgIpc) is 2.49. The van der Waals surface area contributed by atoms with Gasteiger partial charge < -0.3 is 10.1 Å². The second-order valence-corrected chi connectivity index (χ2v) is 5.19. The van der Waals surface area contributed by atoms with Gasteiger partial charge in [-0.3, -0.25) is 9.97 Å². The van der Waals surface area contributed by atoms with Crippen molar-refractivity contribution >= 4 is 0 Å². The zero-order valence-electron chi connectivity index (χ0n) is 13.2. The van der Waals surface area contributed by atoms with Gasteiger partial charge in [-0.15, -0.1) is 0 Å². The van der Waals surface area contributed by atoms with E-state index in [1.807, 2.05) is 18.3 Å². The second-order valence-electron chi connectivity index (χ2n) is 5.19. The number of nitrogens with zero attached hydrogens (tertiary/aromatic N) is 2. The second kappa shape index (κ2) is 7.18. The number of nitrogens with one attached hydrogen (secondary N) is 1. The van der Waals surface area contributed by atoms with Gasteiger partial charge in [0.2, 0.25) is 0 Å². The zero-order valence-corrected chi connectivity index (χ0v) is 13.2. The average molecular weight is 285 g/mol. The molecule has 0 aliphatic rings. The summed E-state index contributed by atoms with van der Waals surface area (Å²) in [4.78, 5) is 9.14. The smallest absolute Gasteiger partial charge is 0.142 e. The number of methoxy groups -OCH3 is 1. The highest BCUT2D eigenvalue weighted by Crippen LogP contribution is 2.28. The molecule has 2 heterocycles. The maximum atomic E-state index is 5.46. The molecule has 0 fully saturated rings. The van der Waals surface area contributed by atoms with Crippen LogP contribution in [0.3, 0.4) is 0 Å². The lowest BCUT2D eigenvalue weighted by atomic mass is 10.0. The molecule has 1 N–H and O–H groups in total. The molecule has 0 radical (unpaired) electrons. The number of pyridine rings is 2. The van der Waals surface area contributed by atoms with Crippen molar-refractivity contribution in [2.24, 2.45) is 0 Å². The van der Waals surface area contributed by atoms with E-state index in [1.54, 1.807) is 13.3 Å². The molecule has 2 aromatic rings. The summed E-state index contributed by atoms with van der Waals surface area (Å²) in [6.07, 6.45) is 4.75. The maximum absolute atomic E-state index is 5.46. The van der Waals surface area contributed by atoms with Crippen LogP contribution in [0.4, 0.5) is 0 Å². The summed E-state index contributed by atoms with van der Waals surface area (Å²) < 4.78 is 5.46. The van der Waals surface area contributed by atoms with Crippen molar-refractivity contribution in [3.05, 3.63) is 53.1 Å². The number of hydrogen-bond donors (Lipinski definition) is 1. The number of aryl methyl sites for hydroxylation is 2. The molecule has 2 aromatic heterocycles. The third-order valence-corrected chi connectivity index (χ3v) is 3.42. The summed E-state index contributed by atoms with van der Waals surface area (Å²) in [5, 5.41) is 3.53. The van der Waals surface area contributed by atoms with E-state index in [-0.39, 0.29) is 6.04 Å². The minimum atomic E-state index is -0.0540. The predicted molar refractivity (Wildman–Crippen MR) is 84.6 cm³/mol. The summed E-state index contributed by atoms with van der Waals surface area (Å²) in [5.74, 6) is 0.785. The van der Waals surface area contributed by atoms with Crippen LogP contribution in [0.25, 0.3) is 0 Å². The first-order chi connectivity index (χ1) is 10.2. The molecule has 0 amide bonds. The summed E-state index contributed by atoms with van der Waals surface area (Å²) in [6, 6.07) is 5.92. The minimum absolute atomic E-state index is 0.0540. The quantitative estimate of drug-likeness (QED) is 0.885. The van der Waals surface area contributed by atoms with Gasteiger partial charge >= 0.3 is 0 Å². The Labute approximate surface area is 126 Å². The molecule has 0 saturated carbocycles. The van der Waals surface area contributed by atoms with Gasteiger partial charge in [-0.2, -0.15) is 0 Å². The molecule has 4 nitrogen and oxygen atoms in total. The van der Waals surface area contributed by atoms with E-state index in [2.05, 4.69) is 42.1 Å². The molecule has 2 rings (SSSR count). The monoisotopic (exact) mass is 285 g/mol. The number of rotatable bonds is 6. The van der Waals surface area contributed by atoms with Crippen molar-refractivity contribution in [2.75, 3.05) is 13.7 Å². The van der Waals surface area contributed by atoms with Crippen molar-refractivity contribution in [1.82, 2.24) is 15.3 Å². The highest BCUT2D eigenvalue weighted by molar-refractivity contribution is 5.37. The highest BCUT2D eigenvalue weighted by Gasteiger charge is 2.21. The lowest BCUT2D eigenvalue weighted by Gasteiger charge is -2.21. The van der Waals surface area contributed by atoms with Gasteiger partial charge in [0.1, 0.15) is 11.4 Å². The van der Waals surface area contributed by atoms with Crippen LogP contribution in [0.1, 0.15) is 41.9 Å². The Balaban J connectivity index is 2.47. The molecule has 1 unspecified atom stereocenters. The summed E-state index contributed by atoms with van der Waals surface area (Å²) in [6.45, 7) is 7.19. The van der Waals surface area contributed by atoms with Gasteiger partial charge in [-0.25, -0.2) is 0 Å². The first kappa shape index (κ1) is 15.4. The molecule has 0 aliphatic heterocycles. The SMILES string of the molecule is CCCNC(c1ncc(C)cc1C)c1ncccc1OC. The van der Waals surface area contributed by atoms with Crippen molar-refractivity contribution in [1.29, 1.82) is 0 Å². The van der Waals surface area contributed by atoms with Crippen LogP contribution >= 0.6 is 0 Å². The van der Waals surface area contributed by atoms with Crippen LogP contribution in [-0.2, 0) is 0 Å². The van der Waals surface area contributed by atoms with Crippen LogP contribution in [0.5, 0.6) is 5.75 Å². The van der Waals surface area contributed by atoms with Crippen LogP contribution in [-0.4, -0.2) is 23.6 Å². The number of ether oxygens (including phenoxy) is 1. The fourth-order valence-electron chi connectivity index (χ4n) is 2.43. The van der Waals surface area contributed by atoms with Crippen LogP contribution in [0, 0.1) is 13.8 Å². The number of hydrogen-bond acceptors (Lipinski definition) is 4. The summed E-state index contributed by atoms with van der Waals surface area (Å²) in [5.41, 5.74) is 4.22. The lowest BCUT2D eigenvalue weighted by Crippen LogP contribution is -2.26. The molecular weight excluding hydrogens is 262 g/mol. The molecule has 21 heavy (non-hydrogen) atoms. The first-order valence-corrected chi connectivity index (χ1v) is 7.32. The molecule has 0 saturated heterocycles. The lowest BCUT2D eigenvalue weighted by molar-refractivity contribution is 0.399. The summed E-state index contributed by atoms with van der Waals surface area (Å²) in [7, 11) is 1.67. The van der Waals surface area contributed by atoms with Crippen LogP contribution in [0.2, 0.25) is 0 Å². The fourth-order valence-corrected chi connectivity index (χ4v) is 2.43. The van der Waals surface area contributed by atoms with Crippen molar-refractivity contribution in [3.8, 4) is 5.75 Å². The van der Waals surface area contributed by atoms with Crippen molar-refractivity contribution in [3.63, 3.8) is 0 Å². The Kier molecular flexibility index (Phi) is 5.28. The zero-order chi connectivity index (χ0) is 15.2. The molecule has 112 valence electrons. The normalized spacial score (nSPS) is 12.2. The molecule has 0 bridgehead atoms. The standard InChI is InChI=1S/C17H23N3O/c1-5-8-18-17(15-13(3)10-12(2)11-20-15)16-14(21-4)7-6-9-19-16/h6-7,9-11,17-18H,5,8H2,1-4H3. The predicted octanol–water partition coefficient (Wildman–Crippen LogP) is 3.19. The number of aromatic nitrogens is 2. The minimum Gasteiger partial charge on any atom is -0.495 e. The largest absolute Gasteiger partial charge is 0.495 e. The molecule has 1 atom stereocenters. The van der Waals surface area contributed by atoms with Gasteiger partial charge in [0.15, 0.2) is 0 Å². The van der Waals surface area contributed by atoms with Gasteiger partial charge in [0.05, 0.1) is 18.8 Å². The molecule has 0 aromatic carbocycles. The van der Waals surface area contributed by atoms with Crippen LogP contribution in [0.15, 0.2) is 30.6 Å². The topological polar surface area (TPSA) is 47.0 Å². The van der Waals surface area contributed by atoms with Gasteiger partial charge in [-0.1, -0.05) is 13.0 Å². The van der Waals surface area contributed by atoms with Crippen molar-refractivity contribution < 1.29 is 4.74 Å². The van der Waals surface area contributed by atoms with Gasteiger partial charge in [-0.05, 0) is 50.1 Å². The van der Waals surface area contributed by atoms with E-state index < -0.39 is 0 Å². The summed E-state index contributed by atoms with van der Waals surface area (Å²) >= 11 is 0. The van der Waals surface area contributed by atoms with E-state index >= 15 is 0 Å². The Morgan fingerprint density at radius 3 is 2.71 bits per heavy atom. The van der Waals surface area contributed by atoms with Crippen molar-refractivity contribution in [2.45, 2.75) is 33.2 Å². The first-order valence-electron chi connectivity index (χ1n) is 7.32. The Morgan fingerprint density at radius 1 is 1.24 bits per heavy atom. The Morgan fingerprint density at radius 2 is 2.05 bits per heavy atom. The Bertz CT molecular complexity index is 598. The van der Waals surface area contributed by atoms with Gasteiger partial charge in [0, 0.05) is 12.4 Å². The van der Waals surface area contributed by atoms with E-state index in [1.165, 1.54) is 5.56 Å². The molecule has 4 heteroatoms. The van der Waals surface area contributed by atoms with E-state index in [9.17, 15) is 0 Å². The van der Waals surface area contributed by atoms with E-state index in [0.717, 1.165) is 35.7 Å². The molecule has 0 spiro atoms. The molecule has 0 aliphatic carbocycles. The van der Waals surface area contributed by atoms with E-state index in [4.69, 9.17) is 4.74 Å². The Hall–Kier alpha value is -1.94. The van der Waals surface area contributed by atoms with Crippen LogP contribution < -0.4 is 10.1 Å². The van der Waals surface area contributed by atoms with E-state index in [0.29, 0.717) is 0 Å². The molecular formula is C17H23N3O. The fraction of sp³-hybridized carbons (Fsp3) is 0.412. The third-order valence-electron chi connectivity index (χ3n) is 3.42. The third kappa shape index (κ3) is 3.58.